The maximum Gasteiger partial charge on any atom is 0.0272 e. The molecule has 0 bridgehead atoms. The lowest BCUT2D eigenvalue weighted by molar-refractivity contribution is 1.12. The maximum absolute atomic E-state index is 5.15. The van der Waals surface area contributed by atoms with Gasteiger partial charge >= 0.3 is 0 Å². The number of terminal acetylenes is 1. The first kappa shape index (κ1) is 14.6. The van der Waals surface area contributed by atoms with E-state index in [2.05, 4.69) is 38.8 Å². The van der Waals surface area contributed by atoms with Gasteiger partial charge in [0.2, 0.25) is 0 Å². The molecule has 0 amide bonds. The van der Waals surface area contributed by atoms with Crippen LogP contribution >= 0.6 is 0 Å². The van der Waals surface area contributed by atoms with E-state index in [0.29, 0.717) is 0 Å². The summed E-state index contributed by atoms with van der Waals surface area (Å²) in [6.45, 7) is 10.3. The Morgan fingerprint density at radius 2 is 1.85 bits per heavy atom. The molecular formula is C13H22. The highest BCUT2D eigenvalue weighted by molar-refractivity contribution is 5.22. The van der Waals surface area contributed by atoms with Crippen molar-refractivity contribution in [2.75, 3.05) is 0 Å². The molecule has 0 atom stereocenters. The Balaban J connectivity index is 0. The van der Waals surface area contributed by atoms with Gasteiger partial charge in [-0.05, 0) is 20.3 Å². The molecule has 0 N–H and O–H groups in total. The molecule has 0 aromatic carbocycles. The highest BCUT2D eigenvalue weighted by atomic mass is 13.9. The molecule has 0 spiro atoms. The Hall–Kier alpha value is -0.960. The number of rotatable bonds is 3. The highest BCUT2D eigenvalue weighted by Crippen LogP contribution is 2.06. The first-order valence-electron chi connectivity index (χ1n) is 4.98. The van der Waals surface area contributed by atoms with Gasteiger partial charge in [0.15, 0.2) is 0 Å². The standard InChI is InChI=1S/C11H16.C2H6/c1-5-7-8-11(6-2)9-10(3)4;1-2/h1,8-9H,6-7H2,2-4H3;1-2H3/b11-8-;. The summed E-state index contributed by atoms with van der Waals surface area (Å²) in [5.74, 6) is 2.60. The van der Waals surface area contributed by atoms with Crippen molar-refractivity contribution in [2.45, 2.75) is 47.5 Å². The fraction of sp³-hybridized carbons (Fsp3) is 0.538. The lowest BCUT2D eigenvalue weighted by Crippen LogP contribution is -1.76. The molecule has 0 heterocycles. The Bertz CT molecular complexity index is 195. The smallest absolute Gasteiger partial charge is 0.0272 e. The molecule has 0 radical (unpaired) electrons. The summed E-state index contributed by atoms with van der Waals surface area (Å²) in [4.78, 5) is 0. The molecule has 0 rings (SSSR count). The topological polar surface area (TPSA) is 0 Å². The SMILES string of the molecule is C#CC/C=C(\C=C(C)C)CC.CC. The molecule has 0 saturated carbocycles. The van der Waals surface area contributed by atoms with E-state index in [1.54, 1.807) is 0 Å². The molecule has 0 aromatic heterocycles. The van der Waals surface area contributed by atoms with Crippen LogP contribution in [0.1, 0.15) is 47.5 Å². The zero-order valence-corrected chi connectivity index (χ0v) is 9.65. The van der Waals surface area contributed by atoms with Crippen LogP contribution in [0.3, 0.4) is 0 Å². The molecule has 0 aromatic rings. The van der Waals surface area contributed by atoms with Crippen LogP contribution in [0.5, 0.6) is 0 Å². The lowest BCUT2D eigenvalue weighted by atomic mass is 10.1. The van der Waals surface area contributed by atoms with Crippen molar-refractivity contribution in [1.82, 2.24) is 0 Å². The van der Waals surface area contributed by atoms with Crippen LogP contribution in [0.15, 0.2) is 23.3 Å². The Kier molecular flexibility index (Phi) is 12.4. The van der Waals surface area contributed by atoms with E-state index >= 15 is 0 Å². The fourth-order valence-corrected chi connectivity index (χ4v) is 0.866. The van der Waals surface area contributed by atoms with E-state index in [1.807, 2.05) is 13.8 Å². The summed E-state index contributed by atoms with van der Waals surface area (Å²) in [5, 5.41) is 0. The molecular weight excluding hydrogens is 156 g/mol. The summed E-state index contributed by atoms with van der Waals surface area (Å²) < 4.78 is 0. The monoisotopic (exact) mass is 178 g/mol. The minimum atomic E-state index is 0.743. The van der Waals surface area contributed by atoms with Gasteiger partial charge in [-0.15, -0.1) is 12.3 Å². The van der Waals surface area contributed by atoms with Gasteiger partial charge in [-0.3, -0.25) is 0 Å². The third kappa shape index (κ3) is 11.0. The molecule has 0 nitrogen and oxygen atoms in total. The van der Waals surface area contributed by atoms with Crippen LogP contribution in [0.2, 0.25) is 0 Å². The first-order valence-corrected chi connectivity index (χ1v) is 4.98. The molecule has 0 heteroatoms. The zero-order valence-electron chi connectivity index (χ0n) is 9.65. The van der Waals surface area contributed by atoms with Crippen molar-refractivity contribution < 1.29 is 0 Å². The average Bonchev–Trinajstić information content (AvgIpc) is 2.15. The van der Waals surface area contributed by atoms with Gasteiger partial charge in [-0.2, -0.15) is 0 Å². The van der Waals surface area contributed by atoms with Crippen LogP contribution in [0, 0.1) is 12.3 Å². The zero-order chi connectivity index (χ0) is 10.7. The normalized spacial score (nSPS) is 9.38. The Morgan fingerprint density at radius 3 is 2.15 bits per heavy atom. The number of allylic oxidation sites excluding steroid dienone is 4. The van der Waals surface area contributed by atoms with Gasteiger partial charge in [0, 0.05) is 6.42 Å². The number of hydrogen-bond donors (Lipinski definition) is 0. The Morgan fingerprint density at radius 1 is 1.31 bits per heavy atom. The molecule has 0 aliphatic carbocycles. The second-order valence-corrected chi connectivity index (χ2v) is 2.76. The minimum absolute atomic E-state index is 0.743. The van der Waals surface area contributed by atoms with Gasteiger partial charge < -0.3 is 0 Å². The Labute approximate surface area is 83.7 Å². The van der Waals surface area contributed by atoms with E-state index < -0.39 is 0 Å². The molecule has 74 valence electrons. The van der Waals surface area contributed by atoms with Crippen molar-refractivity contribution in [3.8, 4) is 12.3 Å². The molecule has 0 unspecified atom stereocenters. The van der Waals surface area contributed by atoms with Gasteiger partial charge in [0.05, 0.1) is 0 Å². The van der Waals surface area contributed by atoms with Crippen molar-refractivity contribution >= 4 is 0 Å². The maximum atomic E-state index is 5.15. The summed E-state index contributed by atoms with van der Waals surface area (Å²) >= 11 is 0. The van der Waals surface area contributed by atoms with Crippen molar-refractivity contribution in [3.05, 3.63) is 23.3 Å². The van der Waals surface area contributed by atoms with Crippen molar-refractivity contribution in [1.29, 1.82) is 0 Å². The van der Waals surface area contributed by atoms with Gasteiger partial charge in [-0.25, -0.2) is 0 Å². The fourth-order valence-electron chi connectivity index (χ4n) is 0.866. The van der Waals surface area contributed by atoms with Crippen LogP contribution in [-0.2, 0) is 0 Å². The first-order chi connectivity index (χ1) is 6.20. The molecule has 0 fully saturated rings. The van der Waals surface area contributed by atoms with E-state index in [4.69, 9.17) is 6.42 Å². The van der Waals surface area contributed by atoms with Crippen LogP contribution in [0.25, 0.3) is 0 Å². The summed E-state index contributed by atoms with van der Waals surface area (Å²) in [6.07, 6.45) is 11.2. The highest BCUT2D eigenvalue weighted by Gasteiger charge is 1.86. The van der Waals surface area contributed by atoms with Crippen molar-refractivity contribution in [2.24, 2.45) is 0 Å². The van der Waals surface area contributed by atoms with E-state index in [-0.39, 0.29) is 0 Å². The number of hydrogen-bond acceptors (Lipinski definition) is 0. The summed E-state index contributed by atoms with van der Waals surface area (Å²) in [7, 11) is 0. The third-order valence-corrected chi connectivity index (χ3v) is 1.36. The molecule has 0 aliphatic heterocycles. The molecule has 0 aliphatic rings. The van der Waals surface area contributed by atoms with E-state index in [9.17, 15) is 0 Å². The van der Waals surface area contributed by atoms with Gasteiger partial charge in [0.25, 0.3) is 0 Å². The van der Waals surface area contributed by atoms with Gasteiger partial charge in [-0.1, -0.05) is 44.1 Å². The second-order valence-electron chi connectivity index (χ2n) is 2.76. The summed E-state index contributed by atoms with van der Waals surface area (Å²) in [5.41, 5.74) is 2.66. The lowest BCUT2D eigenvalue weighted by Gasteiger charge is -1.96. The average molecular weight is 178 g/mol. The van der Waals surface area contributed by atoms with Crippen LogP contribution in [0.4, 0.5) is 0 Å². The van der Waals surface area contributed by atoms with Crippen molar-refractivity contribution in [3.63, 3.8) is 0 Å². The third-order valence-electron chi connectivity index (χ3n) is 1.36. The molecule has 0 saturated heterocycles. The largest absolute Gasteiger partial charge is 0.120 e. The van der Waals surface area contributed by atoms with E-state index in [0.717, 1.165) is 12.8 Å². The van der Waals surface area contributed by atoms with E-state index in [1.165, 1.54) is 11.1 Å². The predicted octanol–water partition coefficient (Wildman–Crippen LogP) is 4.34. The van der Waals surface area contributed by atoms with Gasteiger partial charge in [0.1, 0.15) is 0 Å². The second kappa shape index (κ2) is 11.0. The minimum Gasteiger partial charge on any atom is -0.120 e. The molecule has 13 heavy (non-hydrogen) atoms. The predicted molar refractivity (Wildman–Crippen MR) is 62.6 cm³/mol. The van der Waals surface area contributed by atoms with Crippen LogP contribution < -0.4 is 0 Å². The quantitative estimate of drug-likeness (QED) is 0.445. The summed E-state index contributed by atoms with van der Waals surface area (Å²) in [6, 6.07) is 0. The van der Waals surface area contributed by atoms with Crippen LogP contribution in [-0.4, -0.2) is 0 Å².